The zero-order chi connectivity index (χ0) is 22.4. The molecule has 1 aliphatic carbocycles. The first-order valence-corrected chi connectivity index (χ1v) is 13.5. The number of hydrogen-bond donors (Lipinski definition) is 1. The van der Waals surface area contributed by atoms with Gasteiger partial charge in [0.05, 0.1) is 0 Å². The van der Waals surface area contributed by atoms with E-state index in [9.17, 15) is 4.79 Å². The van der Waals surface area contributed by atoms with Gasteiger partial charge in [-0.25, -0.2) is 0 Å². The number of benzene rings is 1. The van der Waals surface area contributed by atoms with Crippen LogP contribution >= 0.6 is 12.4 Å². The molecule has 3 fully saturated rings. The first-order valence-electron chi connectivity index (χ1n) is 13.5. The van der Waals surface area contributed by atoms with E-state index in [0.29, 0.717) is 0 Å². The molecule has 2 saturated heterocycles. The molecule has 1 spiro atoms. The average molecular weight is 476 g/mol. The molecule has 1 N–H and O–H groups in total. The number of carbonyl (C=O) groups excluding carboxylic acids is 1. The summed E-state index contributed by atoms with van der Waals surface area (Å²) < 4.78 is 0. The highest BCUT2D eigenvalue weighted by atomic mass is 35.5. The fourth-order valence-corrected chi connectivity index (χ4v) is 6.44. The van der Waals surface area contributed by atoms with Crippen LogP contribution in [0, 0.1) is 6.92 Å². The van der Waals surface area contributed by atoms with Gasteiger partial charge in [0.1, 0.15) is 11.7 Å². The molecule has 1 aromatic carbocycles. The van der Waals surface area contributed by atoms with Crippen LogP contribution in [0.1, 0.15) is 102 Å². The van der Waals surface area contributed by atoms with Gasteiger partial charge in [-0.15, -0.1) is 12.4 Å². The van der Waals surface area contributed by atoms with Crippen LogP contribution in [0.5, 0.6) is 0 Å². The summed E-state index contributed by atoms with van der Waals surface area (Å²) in [6.45, 7) is 6.51. The highest BCUT2D eigenvalue weighted by molar-refractivity contribution is 5.94. The Bertz CT molecular complexity index is 736. The maximum atomic E-state index is 13.5. The summed E-state index contributed by atoms with van der Waals surface area (Å²) in [4.78, 5) is 18.7. The summed E-state index contributed by atoms with van der Waals surface area (Å²) >= 11 is 0. The van der Waals surface area contributed by atoms with Crippen molar-refractivity contribution in [1.29, 1.82) is 0 Å². The molecular formula is C28H46ClN3O. The second kappa shape index (κ2) is 12.4. The Morgan fingerprint density at radius 1 is 1.00 bits per heavy atom. The minimum atomic E-state index is -0.376. The molecule has 2 aliphatic heterocycles. The van der Waals surface area contributed by atoms with Gasteiger partial charge < -0.3 is 15.1 Å². The van der Waals surface area contributed by atoms with Gasteiger partial charge in [0.25, 0.3) is 0 Å². The van der Waals surface area contributed by atoms with Crippen LogP contribution in [0.15, 0.2) is 24.3 Å². The van der Waals surface area contributed by atoms with Crippen LogP contribution in [0.4, 0.5) is 5.69 Å². The van der Waals surface area contributed by atoms with E-state index in [1.165, 1.54) is 69.0 Å². The van der Waals surface area contributed by atoms with Crippen LogP contribution in [-0.4, -0.2) is 41.6 Å². The molecular weight excluding hydrogens is 430 g/mol. The number of anilines is 1. The molecule has 1 amide bonds. The second-order valence-corrected chi connectivity index (χ2v) is 10.6. The smallest absolute Gasteiger partial charge is 0.247 e. The zero-order valence-electron chi connectivity index (χ0n) is 21.0. The van der Waals surface area contributed by atoms with Gasteiger partial charge >= 0.3 is 0 Å². The van der Waals surface area contributed by atoms with Gasteiger partial charge in [0, 0.05) is 24.8 Å². The Balaban J connectivity index is 0.00000306. The number of hydrogen-bond acceptors (Lipinski definition) is 3. The maximum absolute atomic E-state index is 13.5. The average Bonchev–Trinajstić information content (AvgIpc) is 3.07. The third kappa shape index (κ3) is 6.06. The molecule has 1 saturated carbocycles. The lowest BCUT2D eigenvalue weighted by Gasteiger charge is -2.47. The maximum Gasteiger partial charge on any atom is 0.247 e. The molecule has 0 aromatic heterocycles. The molecule has 0 radical (unpaired) electrons. The van der Waals surface area contributed by atoms with Gasteiger partial charge in [0.15, 0.2) is 0 Å². The van der Waals surface area contributed by atoms with Crippen LogP contribution < -0.4 is 10.2 Å². The van der Waals surface area contributed by atoms with Crippen LogP contribution in [0.3, 0.4) is 0 Å². The summed E-state index contributed by atoms with van der Waals surface area (Å²) in [5.74, 6) is 0.269. The third-order valence-corrected chi connectivity index (χ3v) is 8.32. The van der Waals surface area contributed by atoms with Crippen LogP contribution in [0.25, 0.3) is 0 Å². The highest BCUT2D eigenvalue weighted by Crippen LogP contribution is 2.41. The number of carbonyl (C=O) groups is 1. The van der Waals surface area contributed by atoms with Crippen molar-refractivity contribution in [2.24, 2.45) is 0 Å². The Morgan fingerprint density at radius 3 is 2.24 bits per heavy atom. The summed E-state index contributed by atoms with van der Waals surface area (Å²) in [5.41, 5.74) is 2.11. The fourth-order valence-electron chi connectivity index (χ4n) is 6.44. The molecule has 0 unspecified atom stereocenters. The predicted molar refractivity (Wildman–Crippen MR) is 141 cm³/mol. The van der Waals surface area contributed by atoms with Gasteiger partial charge in [-0.3, -0.25) is 4.79 Å². The molecule has 1 atom stereocenters. The molecule has 186 valence electrons. The Kier molecular flexibility index (Phi) is 9.94. The topological polar surface area (TPSA) is 35.6 Å². The fraction of sp³-hybridized carbons (Fsp3) is 0.750. The number of nitrogens with zero attached hydrogens (tertiary/aromatic N) is 2. The van der Waals surface area contributed by atoms with Gasteiger partial charge in [-0.2, -0.15) is 0 Å². The number of halogens is 1. The molecule has 0 bridgehead atoms. The standard InChI is InChI=1S/C28H45N3O.ClH/c1-3-4-17-26-29-27(32)28(31(26)25-16-12-13-23(2)22-25)18-20-30(21-19-28)24-14-10-8-6-5-7-9-11-15-24;/h12-13,16,22,24,26H,3-11,14-15,17-21H2,1-2H3,(H,29,32);1H/t26-;/m1./s1. The summed E-state index contributed by atoms with van der Waals surface area (Å²) in [5, 5.41) is 3.41. The number of aryl methyl sites for hydroxylation is 1. The Labute approximate surface area is 208 Å². The first kappa shape index (κ1) is 26.3. The van der Waals surface area contributed by atoms with E-state index in [0.717, 1.165) is 51.2 Å². The zero-order valence-corrected chi connectivity index (χ0v) is 21.8. The predicted octanol–water partition coefficient (Wildman–Crippen LogP) is 6.60. The van der Waals surface area contributed by atoms with Crippen molar-refractivity contribution < 1.29 is 4.79 Å². The van der Waals surface area contributed by atoms with Crippen molar-refractivity contribution in [2.75, 3.05) is 18.0 Å². The second-order valence-electron chi connectivity index (χ2n) is 10.6. The quantitative estimate of drug-likeness (QED) is 0.521. The summed E-state index contributed by atoms with van der Waals surface area (Å²) in [6, 6.07) is 9.51. The van der Waals surface area contributed by atoms with E-state index in [1.54, 1.807) is 0 Å². The van der Waals surface area contributed by atoms with Gasteiger partial charge in [-0.05, 0) is 63.1 Å². The SMILES string of the molecule is CCCC[C@@H]1NC(=O)C2(CCN(C3CCCCCCCCC3)CC2)N1c1cccc(C)c1.Cl. The molecule has 1 aromatic rings. The normalized spacial score (nSPS) is 25.0. The van der Waals surface area contributed by atoms with Crippen molar-refractivity contribution in [2.45, 2.75) is 121 Å². The molecule has 4 nitrogen and oxygen atoms in total. The highest BCUT2D eigenvalue weighted by Gasteiger charge is 2.54. The van der Waals surface area contributed by atoms with Crippen molar-refractivity contribution in [3.8, 4) is 0 Å². The number of nitrogens with one attached hydrogen (secondary N) is 1. The van der Waals surface area contributed by atoms with E-state index < -0.39 is 0 Å². The summed E-state index contributed by atoms with van der Waals surface area (Å²) in [6.07, 6.45) is 17.9. The van der Waals surface area contributed by atoms with E-state index in [1.807, 2.05) is 0 Å². The minimum absolute atomic E-state index is 0. The van der Waals surface area contributed by atoms with E-state index in [4.69, 9.17) is 0 Å². The van der Waals surface area contributed by atoms with Crippen molar-refractivity contribution in [1.82, 2.24) is 10.2 Å². The van der Waals surface area contributed by atoms with E-state index in [2.05, 4.69) is 53.2 Å². The Hall–Kier alpha value is -1.26. The van der Waals surface area contributed by atoms with Crippen LogP contribution in [0.2, 0.25) is 0 Å². The van der Waals surface area contributed by atoms with Crippen molar-refractivity contribution >= 4 is 24.0 Å². The van der Waals surface area contributed by atoms with E-state index >= 15 is 0 Å². The lowest BCUT2D eigenvalue weighted by molar-refractivity contribution is -0.125. The number of likely N-dealkylation sites (tertiary alicyclic amines) is 1. The molecule has 5 heteroatoms. The summed E-state index contributed by atoms with van der Waals surface area (Å²) in [7, 11) is 0. The minimum Gasteiger partial charge on any atom is -0.336 e. The molecule has 33 heavy (non-hydrogen) atoms. The molecule has 2 heterocycles. The largest absolute Gasteiger partial charge is 0.336 e. The molecule has 4 rings (SSSR count). The number of amides is 1. The van der Waals surface area contributed by atoms with E-state index in [-0.39, 0.29) is 30.0 Å². The molecule has 3 aliphatic rings. The number of piperidine rings is 1. The van der Waals surface area contributed by atoms with Crippen molar-refractivity contribution in [3.05, 3.63) is 29.8 Å². The number of unbranched alkanes of at least 4 members (excludes halogenated alkanes) is 1. The number of rotatable bonds is 5. The van der Waals surface area contributed by atoms with Crippen LogP contribution in [-0.2, 0) is 4.79 Å². The van der Waals surface area contributed by atoms with Crippen molar-refractivity contribution in [3.63, 3.8) is 0 Å². The lowest BCUT2D eigenvalue weighted by atomic mass is 9.84. The lowest BCUT2D eigenvalue weighted by Crippen LogP contribution is -2.58. The Morgan fingerprint density at radius 2 is 1.64 bits per heavy atom. The van der Waals surface area contributed by atoms with Gasteiger partial charge in [-0.1, -0.05) is 70.4 Å². The monoisotopic (exact) mass is 475 g/mol. The first-order chi connectivity index (χ1) is 15.6. The van der Waals surface area contributed by atoms with Gasteiger partial charge in [0.2, 0.25) is 5.91 Å². The third-order valence-electron chi connectivity index (χ3n) is 8.32.